The third-order valence-corrected chi connectivity index (χ3v) is 9.22. The number of hydrogen-bond acceptors (Lipinski definition) is 3. The van der Waals surface area contributed by atoms with E-state index >= 15 is 0 Å². The zero-order valence-electron chi connectivity index (χ0n) is 25.4. The van der Waals surface area contributed by atoms with Gasteiger partial charge in [0.1, 0.15) is 0 Å². The third kappa shape index (κ3) is 6.25. The van der Waals surface area contributed by atoms with E-state index in [4.69, 9.17) is 11.6 Å². The zero-order chi connectivity index (χ0) is 29.9. The molecule has 1 saturated heterocycles. The summed E-state index contributed by atoms with van der Waals surface area (Å²) in [6.07, 6.45) is 7.26. The maximum absolute atomic E-state index is 14.1. The lowest BCUT2D eigenvalue weighted by Gasteiger charge is -2.54. The van der Waals surface area contributed by atoms with Gasteiger partial charge in [-0.25, -0.2) is 0 Å². The van der Waals surface area contributed by atoms with Crippen LogP contribution in [0.4, 0.5) is 0 Å². The minimum Gasteiger partial charge on any atom is -0.356 e. The minimum atomic E-state index is -0.839. The molecule has 8 heteroatoms. The maximum atomic E-state index is 14.1. The first-order valence-corrected chi connectivity index (χ1v) is 15.3. The van der Waals surface area contributed by atoms with E-state index in [2.05, 4.69) is 37.1 Å². The molecule has 2 aliphatic rings. The lowest BCUT2D eigenvalue weighted by Crippen LogP contribution is -2.64. The molecule has 3 atom stereocenters. The van der Waals surface area contributed by atoms with E-state index in [1.807, 2.05) is 54.8 Å². The van der Waals surface area contributed by atoms with Crippen LogP contribution in [0.1, 0.15) is 78.5 Å². The highest BCUT2D eigenvalue weighted by Gasteiger charge is 2.57. The molecule has 222 valence electrons. The van der Waals surface area contributed by atoms with Crippen molar-refractivity contribution < 1.29 is 14.4 Å². The van der Waals surface area contributed by atoms with Crippen LogP contribution in [0.5, 0.6) is 0 Å². The summed E-state index contributed by atoms with van der Waals surface area (Å²) in [4.78, 5) is 48.3. The van der Waals surface area contributed by atoms with Crippen LogP contribution in [0.25, 0.3) is 10.9 Å². The van der Waals surface area contributed by atoms with Gasteiger partial charge in [0.15, 0.2) is 0 Å². The van der Waals surface area contributed by atoms with Crippen LogP contribution in [-0.4, -0.2) is 58.7 Å². The van der Waals surface area contributed by atoms with Crippen LogP contribution in [-0.2, 0) is 26.3 Å². The smallest absolute Gasteiger partial charge is 0.228 e. The molecule has 2 aliphatic heterocycles. The number of nitrogens with one attached hydrogen (secondary N) is 2. The maximum Gasteiger partial charge on any atom is 0.228 e. The van der Waals surface area contributed by atoms with E-state index < -0.39 is 17.4 Å². The lowest BCUT2D eigenvalue weighted by atomic mass is 9.67. The SMILES string of the molecule is CCN(CC)C(=O)[C@H]1C[C@H](CC(=O)NC/C=C(\C)CCC=C(C)C)C(=O)N2CCc3c([nH]c4ccc(Cl)cc34)[C@]12C. The van der Waals surface area contributed by atoms with Crippen molar-refractivity contribution in [1.82, 2.24) is 20.1 Å². The summed E-state index contributed by atoms with van der Waals surface area (Å²) in [7, 11) is 0. The molecular weight excluding hydrogens is 536 g/mol. The molecular formula is C33H45ClN4O3. The fraction of sp³-hybridized carbons (Fsp3) is 0.545. The Balaban J connectivity index is 1.58. The van der Waals surface area contributed by atoms with Crippen molar-refractivity contribution in [1.29, 1.82) is 0 Å². The van der Waals surface area contributed by atoms with E-state index in [0.29, 0.717) is 44.0 Å². The molecule has 0 unspecified atom stereocenters. The molecule has 1 fully saturated rings. The van der Waals surface area contributed by atoms with E-state index in [1.54, 1.807) is 0 Å². The van der Waals surface area contributed by atoms with Crippen molar-refractivity contribution in [2.75, 3.05) is 26.2 Å². The van der Waals surface area contributed by atoms with Gasteiger partial charge in [0, 0.05) is 60.1 Å². The molecule has 1 aromatic carbocycles. The predicted molar refractivity (Wildman–Crippen MR) is 166 cm³/mol. The van der Waals surface area contributed by atoms with E-state index in [9.17, 15) is 14.4 Å². The number of halogens is 1. The first kappa shape index (κ1) is 30.9. The van der Waals surface area contributed by atoms with Gasteiger partial charge < -0.3 is 20.1 Å². The van der Waals surface area contributed by atoms with Crippen LogP contribution < -0.4 is 5.32 Å². The van der Waals surface area contributed by atoms with Crippen molar-refractivity contribution in [3.8, 4) is 0 Å². The number of nitrogens with zero attached hydrogens (tertiary/aromatic N) is 2. The zero-order valence-corrected chi connectivity index (χ0v) is 26.2. The second-order valence-electron chi connectivity index (χ2n) is 11.9. The number of H-pyrrole nitrogens is 1. The van der Waals surface area contributed by atoms with E-state index in [-0.39, 0.29) is 24.1 Å². The number of rotatable bonds is 10. The summed E-state index contributed by atoms with van der Waals surface area (Å²) in [6, 6.07) is 5.77. The van der Waals surface area contributed by atoms with Crippen LogP contribution in [0, 0.1) is 11.8 Å². The summed E-state index contributed by atoms with van der Waals surface area (Å²) < 4.78 is 0. The van der Waals surface area contributed by atoms with Crippen molar-refractivity contribution in [3.05, 3.63) is 57.8 Å². The Labute approximate surface area is 249 Å². The van der Waals surface area contributed by atoms with Crippen molar-refractivity contribution in [2.24, 2.45) is 11.8 Å². The molecule has 0 aliphatic carbocycles. The van der Waals surface area contributed by atoms with Crippen LogP contribution in [0.15, 0.2) is 41.5 Å². The molecule has 0 radical (unpaired) electrons. The topological polar surface area (TPSA) is 85.5 Å². The molecule has 41 heavy (non-hydrogen) atoms. The highest BCUT2D eigenvalue weighted by atomic mass is 35.5. The highest BCUT2D eigenvalue weighted by Crippen LogP contribution is 2.50. The lowest BCUT2D eigenvalue weighted by molar-refractivity contribution is -0.164. The first-order chi connectivity index (χ1) is 19.5. The monoisotopic (exact) mass is 580 g/mol. The Bertz CT molecular complexity index is 1370. The Kier molecular flexibility index (Phi) is 9.68. The number of carbonyl (C=O) groups is 3. The summed E-state index contributed by atoms with van der Waals surface area (Å²) in [5, 5.41) is 4.68. The minimum absolute atomic E-state index is 0.0277. The van der Waals surface area contributed by atoms with Gasteiger partial charge in [-0.1, -0.05) is 34.9 Å². The number of amides is 3. The quantitative estimate of drug-likeness (QED) is 0.332. The Morgan fingerprint density at radius 1 is 1.20 bits per heavy atom. The fourth-order valence-electron chi connectivity index (χ4n) is 6.63. The molecule has 3 amide bonds. The van der Waals surface area contributed by atoms with Crippen LogP contribution in [0.2, 0.25) is 5.02 Å². The molecule has 0 bridgehead atoms. The standard InChI is InChI=1S/C33H45ClN4O3/c1-7-37(8-2)32(41)27-18-23(19-29(39)35-16-14-22(5)11-9-10-21(3)4)31(40)38-17-15-25-26-20-24(34)12-13-28(26)36-30(25)33(27,38)6/h10,12-14,20,23,27,36H,7-9,11,15-19H2,1-6H3,(H,35,39)/b22-14+/t23-,27-,33+/m1/s1. The summed E-state index contributed by atoms with van der Waals surface area (Å²) in [5.41, 5.74) is 4.67. The summed E-state index contributed by atoms with van der Waals surface area (Å²) >= 11 is 6.34. The number of aromatic nitrogens is 1. The number of benzene rings is 1. The van der Waals surface area contributed by atoms with Gasteiger partial charge in [0.25, 0.3) is 0 Å². The van der Waals surface area contributed by atoms with E-state index in [0.717, 1.165) is 35.0 Å². The fourth-order valence-corrected chi connectivity index (χ4v) is 6.80. The molecule has 1 aromatic heterocycles. The Morgan fingerprint density at radius 2 is 1.93 bits per heavy atom. The second kappa shape index (κ2) is 12.8. The highest BCUT2D eigenvalue weighted by molar-refractivity contribution is 6.31. The molecule has 4 rings (SSSR count). The third-order valence-electron chi connectivity index (χ3n) is 8.98. The van der Waals surface area contributed by atoms with Gasteiger partial charge in [0.05, 0.1) is 11.5 Å². The number of aromatic amines is 1. The largest absolute Gasteiger partial charge is 0.356 e. The molecule has 3 heterocycles. The number of allylic oxidation sites excluding steroid dienone is 3. The van der Waals surface area contributed by atoms with Crippen molar-refractivity contribution >= 4 is 40.2 Å². The Morgan fingerprint density at radius 3 is 2.61 bits per heavy atom. The molecule has 0 spiro atoms. The van der Waals surface area contributed by atoms with Crippen molar-refractivity contribution in [2.45, 2.75) is 79.2 Å². The molecule has 2 aromatic rings. The van der Waals surface area contributed by atoms with Gasteiger partial charge in [0.2, 0.25) is 17.7 Å². The molecule has 0 saturated carbocycles. The van der Waals surface area contributed by atoms with Gasteiger partial charge in [-0.2, -0.15) is 0 Å². The number of piperidine rings is 1. The molecule has 2 N–H and O–H groups in total. The van der Waals surface area contributed by atoms with Gasteiger partial charge in [-0.3, -0.25) is 14.4 Å². The average Bonchev–Trinajstić information content (AvgIpc) is 3.29. The molecule has 7 nitrogen and oxygen atoms in total. The normalized spacial score (nSPS) is 22.3. The second-order valence-corrected chi connectivity index (χ2v) is 12.4. The first-order valence-electron chi connectivity index (χ1n) is 15.0. The number of carbonyl (C=O) groups excluding carboxylic acids is 3. The van der Waals surface area contributed by atoms with Crippen molar-refractivity contribution in [3.63, 3.8) is 0 Å². The summed E-state index contributed by atoms with van der Waals surface area (Å²) in [6.45, 7) is 14.3. The summed E-state index contributed by atoms with van der Waals surface area (Å²) in [5.74, 6) is -1.21. The average molecular weight is 581 g/mol. The van der Waals surface area contributed by atoms with Gasteiger partial charge in [-0.15, -0.1) is 0 Å². The predicted octanol–water partition coefficient (Wildman–Crippen LogP) is 6.12. The number of hydrogen-bond donors (Lipinski definition) is 2. The van der Waals surface area contributed by atoms with Gasteiger partial charge >= 0.3 is 0 Å². The van der Waals surface area contributed by atoms with Crippen LogP contribution >= 0.6 is 11.6 Å². The Hall–Kier alpha value is -3.06. The number of fused-ring (bicyclic) bond motifs is 5. The van der Waals surface area contributed by atoms with Crippen LogP contribution in [0.3, 0.4) is 0 Å². The van der Waals surface area contributed by atoms with E-state index in [1.165, 1.54) is 11.1 Å². The van der Waals surface area contributed by atoms with Gasteiger partial charge in [-0.05, 0) is 91.0 Å².